The monoisotopic (exact) mass is 271 g/mol. The van der Waals surface area contributed by atoms with Gasteiger partial charge in [0.2, 0.25) is 0 Å². The average molecular weight is 271 g/mol. The summed E-state index contributed by atoms with van der Waals surface area (Å²) < 4.78 is 10.5. The SMILES string of the molecule is COCc1nc(N2CCC(OC)CC2)sc1CN. The summed E-state index contributed by atoms with van der Waals surface area (Å²) in [6.07, 6.45) is 2.52. The van der Waals surface area contributed by atoms with E-state index in [2.05, 4.69) is 9.88 Å². The summed E-state index contributed by atoms with van der Waals surface area (Å²) in [6, 6.07) is 0. The Kier molecular flexibility index (Phi) is 4.94. The van der Waals surface area contributed by atoms with Gasteiger partial charge in [-0.05, 0) is 12.8 Å². The predicted molar refractivity (Wildman–Crippen MR) is 73.0 cm³/mol. The van der Waals surface area contributed by atoms with E-state index in [4.69, 9.17) is 15.2 Å². The van der Waals surface area contributed by atoms with Crippen LogP contribution in [0.15, 0.2) is 0 Å². The fraction of sp³-hybridized carbons (Fsp3) is 0.750. The topological polar surface area (TPSA) is 60.6 Å². The van der Waals surface area contributed by atoms with E-state index in [1.54, 1.807) is 25.6 Å². The van der Waals surface area contributed by atoms with E-state index in [-0.39, 0.29) is 0 Å². The Balaban J connectivity index is 2.05. The third-order valence-corrected chi connectivity index (χ3v) is 4.46. The molecule has 0 atom stereocenters. The number of nitrogens with zero attached hydrogens (tertiary/aromatic N) is 2. The minimum atomic E-state index is 0.397. The number of methoxy groups -OCH3 is 2. The molecule has 0 bridgehead atoms. The van der Waals surface area contributed by atoms with E-state index < -0.39 is 0 Å². The molecule has 1 fully saturated rings. The number of aromatic nitrogens is 1. The number of ether oxygens (including phenoxy) is 2. The molecule has 6 heteroatoms. The fourth-order valence-corrected chi connectivity index (χ4v) is 3.19. The van der Waals surface area contributed by atoms with Crippen molar-refractivity contribution in [1.82, 2.24) is 4.98 Å². The lowest BCUT2D eigenvalue weighted by Gasteiger charge is -2.30. The highest BCUT2D eigenvalue weighted by molar-refractivity contribution is 7.15. The van der Waals surface area contributed by atoms with Gasteiger partial charge in [-0.15, -0.1) is 11.3 Å². The Morgan fingerprint density at radius 3 is 2.67 bits per heavy atom. The van der Waals surface area contributed by atoms with Gasteiger partial charge < -0.3 is 20.1 Å². The van der Waals surface area contributed by atoms with Crippen molar-refractivity contribution in [2.75, 3.05) is 32.2 Å². The van der Waals surface area contributed by atoms with Crippen LogP contribution in [0.5, 0.6) is 0 Å². The molecular formula is C12H21N3O2S. The van der Waals surface area contributed by atoms with Crippen LogP contribution in [0.1, 0.15) is 23.4 Å². The molecule has 2 rings (SSSR count). The Morgan fingerprint density at radius 1 is 1.39 bits per heavy atom. The van der Waals surface area contributed by atoms with Gasteiger partial charge in [0.15, 0.2) is 5.13 Å². The van der Waals surface area contributed by atoms with Crippen molar-refractivity contribution in [2.45, 2.75) is 32.1 Å². The third-order valence-electron chi connectivity index (χ3n) is 3.28. The van der Waals surface area contributed by atoms with Crippen molar-refractivity contribution in [1.29, 1.82) is 0 Å². The molecule has 5 nitrogen and oxygen atoms in total. The lowest BCUT2D eigenvalue weighted by molar-refractivity contribution is 0.0819. The first-order valence-electron chi connectivity index (χ1n) is 6.23. The van der Waals surface area contributed by atoms with Gasteiger partial charge in [-0.25, -0.2) is 4.98 Å². The molecule has 1 aromatic heterocycles. The maximum atomic E-state index is 5.74. The second kappa shape index (κ2) is 6.47. The van der Waals surface area contributed by atoms with Crippen LogP contribution in [0.25, 0.3) is 0 Å². The van der Waals surface area contributed by atoms with Gasteiger partial charge in [0, 0.05) is 38.7 Å². The Bertz CT molecular complexity index is 375. The molecule has 1 aliphatic heterocycles. The Morgan fingerprint density at radius 2 is 2.11 bits per heavy atom. The van der Waals surface area contributed by atoms with Gasteiger partial charge in [-0.2, -0.15) is 0 Å². The molecule has 2 N–H and O–H groups in total. The highest BCUT2D eigenvalue weighted by Gasteiger charge is 2.22. The van der Waals surface area contributed by atoms with Gasteiger partial charge in [-0.3, -0.25) is 0 Å². The smallest absolute Gasteiger partial charge is 0.185 e. The summed E-state index contributed by atoms with van der Waals surface area (Å²) in [4.78, 5) is 8.09. The predicted octanol–water partition coefficient (Wildman–Crippen LogP) is 1.36. The van der Waals surface area contributed by atoms with E-state index in [9.17, 15) is 0 Å². The fourth-order valence-electron chi connectivity index (χ4n) is 2.20. The molecule has 1 aromatic rings. The summed E-state index contributed by atoms with van der Waals surface area (Å²) in [5.41, 5.74) is 6.72. The molecule has 1 aliphatic rings. The van der Waals surface area contributed by atoms with E-state index in [1.165, 1.54) is 0 Å². The number of nitrogens with two attached hydrogens (primary N) is 1. The normalized spacial score (nSPS) is 17.4. The molecular weight excluding hydrogens is 250 g/mol. The number of piperidine rings is 1. The van der Waals surface area contributed by atoms with E-state index in [0.29, 0.717) is 19.3 Å². The van der Waals surface area contributed by atoms with Gasteiger partial charge in [0.1, 0.15) is 0 Å². The molecule has 0 unspecified atom stereocenters. The van der Waals surface area contributed by atoms with E-state index in [1.807, 2.05) is 0 Å². The zero-order chi connectivity index (χ0) is 13.0. The molecule has 0 amide bonds. The van der Waals surface area contributed by atoms with E-state index >= 15 is 0 Å². The lowest BCUT2D eigenvalue weighted by atomic mass is 10.1. The molecule has 2 heterocycles. The molecule has 1 saturated heterocycles. The summed E-state index contributed by atoms with van der Waals surface area (Å²) in [5.74, 6) is 0. The zero-order valence-electron chi connectivity index (χ0n) is 11.0. The molecule has 0 spiro atoms. The van der Waals surface area contributed by atoms with Crippen molar-refractivity contribution in [3.63, 3.8) is 0 Å². The third kappa shape index (κ3) is 3.00. The molecule has 102 valence electrons. The van der Waals surface area contributed by atoms with Crippen LogP contribution < -0.4 is 10.6 Å². The molecule has 0 saturated carbocycles. The quantitative estimate of drug-likeness (QED) is 0.876. The van der Waals surface area contributed by atoms with E-state index in [0.717, 1.165) is 41.6 Å². The largest absolute Gasteiger partial charge is 0.381 e. The van der Waals surface area contributed by atoms with Crippen LogP contribution in [0.3, 0.4) is 0 Å². The number of rotatable bonds is 5. The summed E-state index contributed by atoms with van der Waals surface area (Å²) in [7, 11) is 3.47. The number of thiazole rings is 1. The van der Waals surface area contributed by atoms with Crippen LogP contribution >= 0.6 is 11.3 Å². The second-order valence-electron chi connectivity index (χ2n) is 4.43. The molecule has 0 radical (unpaired) electrons. The number of hydrogen-bond donors (Lipinski definition) is 1. The van der Waals surface area contributed by atoms with Crippen molar-refractivity contribution in [2.24, 2.45) is 5.73 Å². The van der Waals surface area contributed by atoms with Crippen molar-refractivity contribution in [3.05, 3.63) is 10.6 Å². The Hall–Kier alpha value is -0.690. The van der Waals surface area contributed by atoms with Crippen LogP contribution in [-0.4, -0.2) is 38.4 Å². The van der Waals surface area contributed by atoms with Crippen LogP contribution in [0.2, 0.25) is 0 Å². The van der Waals surface area contributed by atoms with Gasteiger partial charge in [0.05, 0.1) is 18.4 Å². The van der Waals surface area contributed by atoms with Crippen LogP contribution in [-0.2, 0) is 22.6 Å². The second-order valence-corrected chi connectivity index (χ2v) is 5.49. The van der Waals surface area contributed by atoms with Crippen LogP contribution in [0, 0.1) is 0 Å². The molecule has 0 aliphatic carbocycles. The molecule has 18 heavy (non-hydrogen) atoms. The zero-order valence-corrected chi connectivity index (χ0v) is 11.8. The number of anilines is 1. The maximum Gasteiger partial charge on any atom is 0.185 e. The van der Waals surface area contributed by atoms with Crippen molar-refractivity contribution >= 4 is 16.5 Å². The standard InChI is InChI=1S/C12H21N3O2S/c1-16-8-10-11(7-13)18-12(14-10)15-5-3-9(17-2)4-6-15/h9H,3-8,13H2,1-2H3. The average Bonchev–Trinajstić information content (AvgIpc) is 2.82. The highest BCUT2D eigenvalue weighted by atomic mass is 32.1. The van der Waals surface area contributed by atoms with Crippen molar-refractivity contribution in [3.8, 4) is 0 Å². The highest BCUT2D eigenvalue weighted by Crippen LogP contribution is 2.29. The summed E-state index contributed by atoms with van der Waals surface area (Å²) in [5, 5.41) is 1.07. The Labute approximate surface area is 112 Å². The lowest BCUT2D eigenvalue weighted by Crippen LogP contribution is -2.36. The minimum absolute atomic E-state index is 0.397. The minimum Gasteiger partial charge on any atom is -0.381 e. The van der Waals surface area contributed by atoms with Crippen LogP contribution in [0.4, 0.5) is 5.13 Å². The van der Waals surface area contributed by atoms with Gasteiger partial charge in [-0.1, -0.05) is 0 Å². The first kappa shape index (κ1) is 13.7. The molecule has 0 aromatic carbocycles. The van der Waals surface area contributed by atoms with Gasteiger partial charge in [0.25, 0.3) is 0 Å². The van der Waals surface area contributed by atoms with Gasteiger partial charge >= 0.3 is 0 Å². The maximum absolute atomic E-state index is 5.74. The summed E-state index contributed by atoms with van der Waals surface area (Å²) in [6.45, 7) is 3.08. The first-order valence-corrected chi connectivity index (χ1v) is 7.05. The first-order chi connectivity index (χ1) is 8.78. The number of hydrogen-bond acceptors (Lipinski definition) is 6. The van der Waals surface area contributed by atoms with Crippen molar-refractivity contribution < 1.29 is 9.47 Å². The summed E-state index contributed by atoms with van der Waals surface area (Å²) >= 11 is 1.68.